The monoisotopic (exact) mass is 610 g/mol. The zero-order valence-electron chi connectivity index (χ0n) is 24.9. The van der Waals surface area contributed by atoms with E-state index in [-0.39, 0.29) is 16.6 Å². The summed E-state index contributed by atoms with van der Waals surface area (Å²) in [6.07, 6.45) is 6.72. The fraction of sp³-hybridized carbons (Fsp3) is 0.633. The van der Waals surface area contributed by atoms with E-state index in [2.05, 4.69) is 31.0 Å². The van der Waals surface area contributed by atoms with Crippen LogP contribution in [0, 0.1) is 16.5 Å². The van der Waals surface area contributed by atoms with Crippen LogP contribution in [0.2, 0.25) is 0 Å². The van der Waals surface area contributed by atoms with Gasteiger partial charge in [-0.25, -0.2) is 4.79 Å². The second-order valence-electron chi connectivity index (χ2n) is 11.9. The minimum atomic E-state index is -3.06. The molecule has 4 unspecified atom stereocenters. The summed E-state index contributed by atoms with van der Waals surface area (Å²) in [6.45, 7) is 11.7. The smallest absolute Gasteiger partial charge is 0.337 e. The number of aliphatic carboxylic acids is 3. The first-order valence-corrected chi connectivity index (χ1v) is 15.1. The molecule has 10 nitrogen and oxygen atoms in total. The molecule has 234 valence electrons. The number of dihydropyridines is 1. The van der Waals surface area contributed by atoms with Gasteiger partial charge in [0.1, 0.15) is 5.92 Å². The van der Waals surface area contributed by atoms with Crippen molar-refractivity contribution in [2.45, 2.75) is 89.5 Å². The molecule has 1 aromatic heterocycles. The van der Waals surface area contributed by atoms with Gasteiger partial charge >= 0.3 is 17.9 Å². The Labute approximate surface area is 249 Å². The molecule has 0 amide bonds. The van der Waals surface area contributed by atoms with Crippen molar-refractivity contribution in [2.75, 3.05) is 19.7 Å². The number of nitrogens with one attached hydrogen (secondary N) is 1. The minimum absolute atomic E-state index is 0.0324. The second-order valence-corrected chi connectivity index (χ2v) is 13.0. The number of thiophene rings is 1. The summed E-state index contributed by atoms with van der Waals surface area (Å²) in [5, 5.41) is 42.5. The molecule has 2 aliphatic heterocycles. The molecule has 0 saturated carbocycles. The molecule has 1 fully saturated rings. The van der Waals surface area contributed by atoms with E-state index in [1.807, 2.05) is 13.0 Å². The van der Waals surface area contributed by atoms with Crippen molar-refractivity contribution < 1.29 is 43.9 Å². The highest BCUT2D eigenvalue weighted by atomic mass is 32.1. The van der Waals surface area contributed by atoms with Gasteiger partial charge in [0.05, 0.1) is 18.1 Å². The number of aryl methyl sites for hydroxylation is 1. The summed E-state index contributed by atoms with van der Waals surface area (Å²) >= 11 is 1.16. The van der Waals surface area contributed by atoms with Crippen LogP contribution in [0.1, 0.15) is 65.2 Å². The van der Waals surface area contributed by atoms with Crippen molar-refractivity contribution >= 4 is 29.2 Å². The van der Waals surface area contributed by atoms with E-state index < -0.39 is 46.9 Å². The number of aliphatic hydroxyl groups is 1. The number of nitrogens with zero attached hydrogens (tertiary/aromatic N) is 1. The number of likely N-dealkylation sites (tertiary alicyclic amines) is 1. The van der Waals surface area contributed by atoms with Crippen molar-refractivity contribution in [3.05, 3.63) is 46.1 Å². The Balaban J connectivity index is 1.88. The van der Waals surface area contributed by atoms with E-state index >= 15 is 0 Å². The number of halogens is 1. The molecule has 0 aliphatic carbocycles. The first-order valence-electron chi connectivity index (χ1n) is 14.3. The van der Waals surface area contributed by atoms with Crippen molar-refractivity contribution in [1.29, 1.82) is 0 Å². The average molecular weight is 611 g/mol. The van der Waals surface area contributed by atoms with Crippen molar-refractivity contribution in [2.24, 2.45) is 11.3 Å². The van der Waals surface area contributed by atoms with Crippen LogP contribution in [0.5, 0.6) is 0 Å². The van der Waals surface area contributed by atoms with Crippen molar-refractivity contribution in [3.8, 4) is 0 Å². The second kappa shape index (κ2) is 12.8. The molecule has 1 aromatic rings. The molecule has 0 bridgehead atoms. The first-order chi connectivity index (χ1) is 19.6. The Morgan fingerprint density at radius 1 is 1.24 bits per heavy atom. The normalized spacial score (nSPS) is 26.9. The summed E-state index contributed by atoms with van der Waals surface area (Å²) in [5.74, 6) is -7.21. The number of hydrogen-bond donors (Lipinski definition) is 5. The van der Waals surface area contributed by atoms with Gasteiger partial charge in [-0.3, -0.25) is 14.5 Å². The Morgan fingerprint density at radius 2 is 1.93 bits per heavy atom. The highest BCUT2D eigenvalue weighted by molar-refractivity contribution is 7.10. The first kappa shape index (κ1) is 33.7. The molecule has 42 heavy (non-hydrogen) atoms. The molecule has 5 N–H and O–H groups in total. The predicted octanol–water partition coefficient (Wildman–Crippen LogP) is 3.90. The molecule has 2 aliphatic rings. The minimum Gasteiger partial charge on any atom is -0.481 e. The Kier molecular flexibility index (Phi) is 10.3. The summed E-state index contributed by atoms with van der Waals surface area (Å²) in [5.41, 5.74) is -4.48. The topological polar surface area (TPSA) is 157 Å². The van der Waals surface area contributed by atoms with Crippen molar-refractivity contribution in [1.82, 2.24) is 10.2 Å². The fourth-order valence-electron chi connectivity index (χ4n) is 6.55. The van der Waals surface area contributed by atoms with Crippen LogP contribution in [0.3, 0.4) is 0 Å². The van der Waals surface area contributed by atoms with Gasteiger partial charge in [0.25, 0.3) is 0 Å². The van der Waals surface area contributed by atoms with Gasteiger partial charge in [0.2, 0.25) is 0 Å². The Morgan fingerprint density at radius 3 is 2.40 bits per heavy atom. The van der Waals surface area contributed by atoms with Gasteiger partial charge in [0.15, 0.2) is 10.7 Å². The quantitative estimate of drug-likeness (QED) is 0.197. The highest BCUT2D eigenvalue weighted by Gasteiger charge is 2.58. The van der Waals surface area contributed by atoms with Crippen LogP contribution in [-0.4, -0.2) is 85.7 Å². The Bertz CT molecular complexity index is 1240. The van der Waals surface area contributed by atoms with Crippen LogP contribution in [-0.2, 0) is 25.5 Å². The molecule has 0 spiro atoms. The number of carbonyl (C=O) groups is 3. The van der Waals surface area contributed by atoms with E-state index in [0.29, 0.717) is 13.0 Å². The molecule has 3 heterocycles. The molecule has 3 rings (SSSR count). The third-order valence-corrected chi connectivity index (χ3v) is 10.4. The van der Waals surface area contributed by atoms with Crippen LogP contribution in [0.15, 0.2) is 36.1 Å². The molecular formula is C30H43FN2O8S. The fourth-order valence-corrected chi connectivity index (χ4v) is 7.27. The standard InChI is InChI=1S/C30H43FN2O8S/c1-6-28(5,33-15-14-29(18-33,19(3)41-7-2)13-11-21-8-9-22(31)42-21)20-10-12-27(4,32-17-20)24(25(36)37)30(40,26(38)39)16-23(34)35/h8-10,12,17,19,24,32,40H,6-7,11,13-16,18H2,1-5H3,(H,34,35)(H,36,37)(H,38,39)/t19-,24?,27?,28?,29+,30?/m0/s1. The molecule has 12 heteroatoms. The highest BCUT2D eigenvalue weighted by Crippen LogP contribution is 2.46. The lowest BCUT2D eigenvalue weighted by Gasteiger charge is -2.46. The predicted molar refractivity (Wildman–Crippen MR) is 156 cm³/mol. The molecule has 1 saturated heterocycles. The van der Waals surface area contributed by atoms with Gasteiger partial charge in [-0.2, -0.15) is 4.39 Å². The lowest BCUT2D eigenvalue weighted by molar-refractivity contribution is -0.182. The maximum atomic E-state index is 13.6. The summed E-state index contributed by atoms with van der Waals surface area (Å²) in [4.78, 5) is 39.0. The van der Waals surface area contributed by atoms with Crippen LogP contribution in [0.4, 0.5) is 4.39 Å². The third kappa shape index (κ3) is 6.56. The number of carboxylic acid groups (broad SMARTS) is 3. The largest absolute Gasteiger partial charge is 0.481 e. The zero-order chi connectivity index (χ0) is 31.5. The molecule has 0 radical (unpaired) electrons. The van der Waals surface area contributed by atoms with Gasteiger partial charge in [-0.1, -0.05) is 19.1 Å². The number of hydrogen-bond acceptors (Lipinski definition) is 8. The van der Waals surface area contributed by atoms with E-state index in [1.54, 1.807) is 12.3 Å². The van der Waals surface area contributed by atoms with Gasteiger partial charge < -0.3 is 30.5 Å². The summed E-state index contributed by atoms with van der Waals surface area (Å²) < 4.78 is 19.8. The van der Waals surface area contributed by atoms with E-state index in [1.165, 1.54) is 19.1 Å². The SMILES string of the molecule is CCO[C@@H](C)[C@]1(CCc2ccc(F)s2)CCN(C(C)(CC)C2=CNC(C)(C(C(=O)O)C(O)(CC(=O)O)C(=O)O)C=C2)C1. The molecule has 0 aromatic carbocycles. The van der Waals surface area contributed by atoms with Crippen LogP contribution in [0.25, 0.3) is 0 Å². The van der Waals surface area contributed by atoms with E-state index in [9.17, 15) is 39.2 Å². The summed E-state index contributed by atoms with van der Waals surface area (Å²) in [6, 6.07) is 3.32. The van der Waals surface area contributed by atoms with Gasteiger partial charge in [-0.15, -0.1) is 11.3 Å². The maximum absolute atomic E-state index is 13.6. The van der Waals surface area contributed by atoms with E-state index in [0.717, 1.165) is 54.1 Å². The summed E-state index contributed by atoms with van der Waals surface area (Å²) in [7, 11) is 0. The zero-order valence-corrected chi connectivity index (χ0v) is 25.7. The van der Waals surface area contributed by atoms with E-state index in [4.69, 9.17) is 4.74 Å². The van der Waals surface area contributed by atoms with Gasteiger partial charge in [-0.05, 0) is 77.6 Å². The van der Waals surface area contributed by atoms with Crippen LogP contribution < -0.4 is 5.32 Å². The van der Waals surface area contributed by atoms with Crippen LogP contribution >= 0.6 is 11.3 Å². The van der Waals surface area contributed by atoms with Gasteiger partial charge in [0, 0.05) is 35.2 Å². The lowest BCUT2D eigenvalue weighted by Crippen LogP contribution is -2.63. The Hall–Kier alpha value is -2.80. The molecular weight excluding hydrogens is 567 g/mol. The number of rotatable bonds is 15. The molecule has 6 atom stereocenters. The third-order valence-electron chi connectivity index (χ3n) is 9.43. The maximum Gasteiger partial charge on any atom is 0.337 e. The average Bonchev–Trinajstić information content (AvgIpc) is 3.54. The lowest BCUT2D eigenvalue weighted by atomic mass is 9.70. The number of carboxylic acids is 3. The van der Waals surface area contributed by atoms with Crippen molar-refractivity contribution in [3.63, 3.8) is 0 Å². The number of ether oxygens (including phenoxy) is 1.